The van der Waals surface area contributed by atoms with E-state index in [0.29, 0.717) is 13.0 Å². The average molecular weight is 335 g/mol. The average Bonchev–Trinajstić information content (AvgIpc) is 3.29. The first-order valence-corrected chi connectivity index (χ1v) is 8.80. The molecule has 0 aliphatic carbocycles. The molecule has 2 aliphatic heterocycles. The van der Waals surface area contributed by atoms with Crippen molar-refractivity contribution in [1.29, 1.82) is 0 Å². The number of pyridine rings is 1. The zero-order valence-electron chi connectivity index (χ0n) is 14.0. The van der Waals surface area contributed by atoms with E-state index in [1.54, 1.807) is 17.3 Å². The standard InChI is InChI=1S/C20H21N3O2/c24-19-13-16(14-23(19)17-5-2-1-3-6-17)20(25)22-12-4-7-18(22)15-8-10-21-11-9-15/h1-3,5-6,8-11,16,18H,4,7,12-14H2/t16-,18-/m1/s1. The monoisotopic (exact) mass is 335 g/mol. The van der Waals surface area contributed by atoms with Gasteiger partial charge < -0.3 is 9.80 Å². The molecule has 2 amide bonds. The van der Waals surface area contributed by atoms with Gasteiger partial charge in [-0.25, -0.2) is 0 Å². The van der Waals surface area contributed by atoms with Gasteiger partial charge in [0.2, 0.25) is 11.8 Å². The van der Waals surface area contributed by atoms with E-state index in [-0.39, 0.29) is 23.8 Å². The number of aromatic nitrogens is 1. The number of hydrogen-bond acceptors (Lipinski definition) is 3. The first-order valence-electron chi connectivity index (χ1n) is 8.80. The first kappa shape index (κ1) is 15.8. The lowest BCUT2D eigenvalue weighted by Gasteiger charge is -2.27. The van der Waals surface area contributed by atoms with Gasteiger partial charge >= 0.3 is 0 Å². The first-order chi connectivity index (χ1) is 12.2. The van der Waals surface area contributed by atoms with Gasteiger partial charge in [-0.1, -0.05) is 18.2 Å². The van der Waals surface area contributed by atoms with Crippen LogP contribution < -0.4 is 4.90 Å². The van der Waals surface area contributed by atoms with Crippen LogP contribution in [-0.2, 0) is 9.59 Å². The highest BCUT2D eigenvalue weighted by molar-refractivity contribution is 6.00. The summed E-state index contributed by atoms with van der Waals surface area (Å²) in [6.45, 7) is 1.24. The van der Waals surface area contributed by atoms with Gasteiger partial charge in [-0.2, -0.15) is 0 Å². The largest absolute Gasteiger partial charge is 0.335 e. The Bertz CT molecular complexity index is 763. The summed E-state index contributed by atoms with van der Waals surface area (Å²) in [6, 6.07) is 13.7. The summed E-state index contributed by atoms with van der Waals surface area (Å²) >= 11 is 0. The van der Waals surface area contributed by atoms with Gasteiger partial charge in [0.05, 0.1) is 12.0 Å². The fourth-order valence-corrected chi connectivity index (χ4v) is 3.93. The molecule has 3 heterocycles. The number of carbonyl (C=O) groups excluding carboxylic acids is 2. The van der Waals surface area contributed by atoms with Gasteiger partial charge in [-0.05, 0) is 42.7 Å². The fourth-order valence-electron chi connectivity index (χ4n) is 3.93. The molecular formula is C20H21N3O2. The summed E-state index contributed by atoms with van der Waals surface area (Å²) in [6.07, 6.45) is 5.81. The molecule has 2 aromatic rings. The van der Waals surface area contributed by atoms with Crippen LogP contribution in [0.3, 0.4) is 0 Å². The molecular weight excluding hydrogens is 314 g/mol. The number of carbonyl (C=O) groups is 2. The topological polar surface area (TPSA) is 53.5 Å². The van der Waals surface area contributed by atoms with Crippen molar-refractivity contribution in [2.24, 2.45) is 5.92 Å². The number of benzene rings is 1. The Morgan fingerprint density at radius 3 is 2.60 bits per heavy atom. The summed E-state index contributed by atoms with van der Waals surface area (Å²) in [5.74, 6) is -0.120. The Hall–Kier alpha value is -2.69. The summed E-state index contributed by atoms with van der Waals surface area (Å²) in [4.78, 5) is 33.2. The Morgan fingerprint density at radius 1 is 1.08 bits per heavy atom. The molecule has 2 saturated heterocycles. The minimum atomic E-state index is -0.254. The van der Waals surface area contributed by atoms with Crippen molar-refractivity contribution in [3.8, 4) is 0 Å². The number of anilines is 1. The summed E-state index contributed by atoms with van der Waals surface area (Å²) in [5, 5.41) is 0. The quantitative estimate of drug-likeness (QED) is 0.867. The van der Waals surface area contributed by atoms with E-state index in [4.69, 9.17) is 0 Å². The Kier molecular flexibility index (Phi) is 4.22. The number of likely N-dealkylation sites (tertiary alicyclic amines) is 1. The van der Waals surface area contributed by atoms with Crippen molar-refractivity contribution in [3.05, 3.63) is 60.4 Å². The Morgan fingerprint density at radius 2 is 1.84 bits per heavy atom. The van der Waals surface area contributed by atoms with Crippen molar-refractivity contribution in [2.75, 3.05) is 18.0 Å². The normalized spacial score (nSPS) is 23.3. The van der Waals surface area contributed by atoms with Gasteiger partial charge in [0.15, 0.2) is 0 Å². The fraction of sp³-hybridized carbons (Fsp3) is 0.350. The van der Waals surface area contributed by atoms with Crippen LogP contribution in [0.1, 0.15) is 30.9 Å². The predicted octanol–water partition coefficient (Wildman–Crippen LogP) is 2.80. The maximum atomic E-state index is 13.1. The molecule has 128 valence electrons. The van der Waals surface area contributed by atoms with Crippen LogP contribution in [0.2, 0.25) is 0 Å². The van der Waals surface area contributed by atoms with Crippen LogP contribution >= 0.6 is 0 Å². The molecule has 4 rings (SSSR count). The molecule has 0 N–H and O–H groups in total. The smallest absolute Gasteiger partial charge is 0.228 e. The molecule has 0 bridgehead atoms. The van der Waals surface area contributed by atoms with Gasteiger partial charge in [-0.3, -0.25) is 14.6 Å². The molecule has 25 heavy (non-hydrogen) atoms. The lowest BCUT2D eigenvalue weighted by Crippen LogP contribution is -2.37. The van der Waals surface area contributed by atoms with E-state index in [2.05, 4.69) is 4.98 Å². The van der Waals surface area contributed by atoms with E-state index in [1.165, 1.54) is 0 Å². The Labute approximate surface area is 147 Å². The number of rotatable bonds is 3. The highest BCUT2D eigenvalue weighted by Gasteiger charge is 2.40. The van der Waals surface area contributed by atoms with Crippen LogP contribution in [0.4, 0.5) is 5.69 Å². The molecule has 1 aromatic heterocycles. The maximum Gasteiger partial charge on any atom is 0.228 e. The highest BCUT2D eigenvalue weighted by Crippen LogP contribution is 2.35. The second-order valence-corrected chi connectivity index (χ2v) is 6.71. The summed E-state index contributed by atoms with van der Waals surface area (Å²) in [7, 11) is 0. The molecule has 2 fully saturated rings. The van der Waals surface area contributed by atoms with Crippen LogP contribution in [0.5, 0.6) is 0 Å². The molecule has 2 atom stereocenters. The molecule has 1 aromatic carbocycles. The zero-order chi connectivity index (χ0) is 17.2. The van der Waals surface area contributed by atoms with E-state index < -0.39 is 0 Å². The van der Waals surface area contributed by atoms with Crippen LogP contribution in [0.25, 0.3) is 0 Å². The maximum absolute atomic E-state index is 13.1. The number of hydrogen-bond donors (Lipinski definition) is 0. The van der Waals surface area contributed by atoms with E-state index in [0.717, 1.165) is 30.6 Å². The number of amides is 2. The predicted molar refractivity (Wildman–Crippen MR) is 94.8 cm³/mol. The minimum absolute atomic E-state index is 0.0317. The molecule has 0 unspecified atom stereocenters. The lowest BCUT2D eigenvalue weighted by atomic mass is 10.0. The van der Waals surface area contributed by atoms with Crippen molar-refractivity contribution < 1.29 is 9.59 Å². The molecule has 5 heteroatoms. The third-order valence-electron chi connectivity index (χ3n) is 5.17. The van der Waals surface area contributed by atoms with E-state index in [9.17, 15) is 9.59 Å². The van der Waals surface area contributed by atoms with Gasteiger partial charge in [0.25, 0.3) is 0 Å². The van der Waals surface area contributed by atoms with E-state index in [1.807, 2.05) is 47.4 Å². The third-order valence-corrected chi connectivity index (χ3v) is 5.17. The van der Waals surface area contributed by atoms with E-state index >= 15 is 0 Å². The van der Waals surface area contributed by atoms with Gasteiger partial charge in [-0.15, -0.1) is 0 Å². The Balaban J connectivity index is 1.50. The number of nitrogens with zero attached hydrogens (tertiary/aromatic N) is 3. The molecule has 5 nitrogen and oxygen atoms in total. The lowest BCUT2D eigenvalue weighted by molar-refractivity contribution is -0.136. The van der Waals surface area contributed by atoms with Crippen molar-refractivity contribution in [1.82, 2.24) is 9.88 Å². The third kappa shape index (κ3) is 3.02. The second-order valence-electron chi connectivity index (χ2n) is 6.71. The summed E-state index contributed by atoms with van der Waals surface area (Å²) < 4.78 is 0. The van der Waals surface area contributed by atoms with Crippen LogP contribution in [0.15, 0.2) is 54.9 Å². The molecule has 0 saturated carbocycles. The van der Waals surface area contributed by atoms with Crippen LogP contribution in [0, 0.1) is 5.92 Å². The SMILES string of the molecule is O=C1C[C@@H](C(=O)N2CCC[C@@H]2c2ccncc2)CN1c1ccccc1. The van der Waals surface area contributed by atoms with Crippen molar-refractivity contribution in [3.63, 3.8) is 0 Å². The molecule has 0 spiro atoms. The molecule has 2 aliphatic rings. The van der Waals surface area contributed by atoms with Crippen molar-refractivity contribution >= 4 is 17.5 Å². The highest BCUT2D eigenvalue weighted by atomic mass is 16.2. The second kappa shape index (κ2) is 6.67. The van der Waals surface area contributed by atoms with Crippen LogP contribution in [-0.4, -0.2) is 34.8 Å². The zero-order valence-corrected chi connectivity index (χ0v) is 14.0. The van der Waals surface area contributed by atoms with Gasteiger partial charge in [0, 0.05) is 37.6 Å². The molecule has 0 radical (unpaired) electrons. The summed E-state index contributed by atoms with van der Waals surface area (Å²) in [5.41, 5.74) is 2.00. The van der Waals surface area contributed by atoms with Gasteiger partial charge in [0.1, 0.15) is 0 Å². The van der Waals surface area contributed by atoms with Crippen molar-refractivity contribution in [2.45, 2.75) is 25.3 Å². The number of para-hydroxylation sites is 1. The minimum Gasteiger partial charge on any atom is -0.335 e.